The molecule has 4 atom stereocenters. The molecule has 100 valence electrons. The molecular weight excluding hydrogens is 223 g/mol. The number of hydrogen-bond donors (Lipinski definition) is 0. The largest absolute Gasteiger partial charge is 0.382 e. The zero-order chi connectivity index (χ0) is 12.7. The quantitative estimate of drug-likeness (QED) is 0.696. The molecule has 0 aromatic rings. The molecule has 0 spiro atoms. The average Bonchev–Trinajstić information content (AvgIpc) is 3.00. The maximum atomic E-state index is 6.25. The van der Waals surface area contributed by atoms with Gasteiger partial charge in [0.05, 0.1) is 18.8 Å². The third-order valence-electron chi connectivity index (χ3n) is 5.04. The standard InChI is InChI=1S/C15H25BO2/c1-9(2)17-8-12-13(10-4-3-5-10)14(11-6-7-11)15(16)18-12/h9-15H,3-8H2,1-2H3. The highest BCUT2D eigenvalue weighted by Gasteiger charge is 2.52. The van der Waals surface area contributed by atoms with Gasteiger partial charge in [-0.2, -0.15) is 0 Å². The second kappa shape index (κ2) is 5.17. The highest BCUT2D eigenvalue weighted by molar-refractivity contribution is 6.11. The summed E-state index contributed by atoms with van der Waals surface area (Å²) < 4.78 is 11.8. The molecule has 18 heavy (non-hydrogen) atoms. The van der Waals surface area contributed by atoms with Gasteiger partial charge >= 0.3 is 0 Å². The van der Waals surface area contributed by atoms with Gasteiger partial charge in [0.25, 0.3) is 0 Å². The second-order valence-electron chi connectivity index (χ2n) is 6.70. The van der Waals surface area contributed by atoms with E-state index in [9.17, 15) is 0 Å². The topological polar surface area (TPSA) is 18.5 Å². The number of ether oxygens (including phenoxy) is 2. The summed E-state index contributed by atoms with van der Waals surface area (Å²) in [5.41, 5.74) is 0. The molecular formula is C15H25BO2. The second-order valence-corrected chi connectivity index (χ2v) is 6.70. The lowest BCUT2D eigenvalue weighted by atomic mass is 9.65. The first-order valence-electron chi connectivity index (χ1n) is 7.69. The smallest absolute Gasteiger partial charge is 0.109 e. The van der Waals surface area contributed by atoms with E-state index in [0.29, 0.717) is 11.8 Å². The Morgan fingerprint density at radius 3 is 2.28 bits per heavy atom. The van der Waals surface area contributed by atoms with Crippen molar-refractivity contribution in [3.63, 3.8) is 0 Å². The predicted octanol–water partition coefficient (Wildman–Crippen LogP) is 2.75. The number of rotatable bonds is 5. The molecule has 2 radical (unpaired) electrons. The minimum Gasteiger partial charge on any atom is -0.382 e. The summed E-state index contributed by atoms with van der Waals surface area (Å²) in [5.74, 6) is 2.97. The van der Waals surface area contributed by atoms with E-state index >= 15 is 0 Å². The Morgan fingerprint density at radius 2 is 1.78 bits per heavy atom. The molecule has 1 heterocycles. The van der Waals surface area contributed by atoms with Gasteiger partial charge in [-0.3, -0.25) is 0 Å². The van der Waals surface area contributed by atoms with Crippen molar-refractivity contribution in [3.8, 4) is 0 Å². The highest BCUT2D eigenvalue weighted by Crippen LogP contribution is 2.53. The first kappa shape index (κ1) is 13.0. The average molecular weight is 248 g/mol. The summed E-state index contributed by atoms with van der Waals surface area (Å²) in [7, 11) is 6.25. The van der Waals surface area contributed by atoms with E-state index in [1.54, 1.807) is 0 Å². The third-order valence-corrected chi connectivity index (χ3v) is 5.04. The van der Waals surface area contributed by atoms with Gasteiger partial charge in [0.2, 0.25) is 0 Å². The Balaban J connectivity index is 1.67. The lowest BCUT2D eigenvalue weighted by Gasteiger charge is -2.37. The zero-order valence-electron chi connectivity index (χ0n) is 11.7. The van der Waals surface area contributed by atoms with Crippen molar-refractivity contribution in [2.45, 2.75) is 64.2 Å². The van der Waals surface area contributed by atoms with Crippen molar-refractivity contribution >= 4 is 7.85 Å². The fourth-order valence-corrected chi connectivity index (χ4v) is 3.79. The number of hydrogen-bond acceptors (Lipinski definition) is 2. The molecule has 3 heteroatoms. The van der Waals surface area contributed by atoms with E-state index in [2.05, 4.69) is 13.8 Å². The van der Waals surface area contributed by atoms with E-state index in [-0.39, 0.29) is 18.2 Å². The van der Waals surface area contributed by atoms with Crippen LogP contribution in [0.4, 0.5) is 0 Å². The Bertz CT molecular complexity index is 286. The van der Waals surface area contributed by atoms with Crippen LogP contribution in [0.15, 0.2) is 0 Å². The van der Waals surface area contributed by atoms with Gasteiger partial charge in [0.15, 0.2) is 0 Å². The molecule has 0 amide bonds. The van der Waals surface area contributed by atoms with Crippen LogP contribution >= 0.6 is 0 Å². The minimum atomic E-state index is -0.0381. The van der Waals surface area contributed by atoms with E-state index in [1.165, 1.54) is 32.1 Å². The normalized spacial score (nSPS) is 41.3. The van der Waals surface area contributed by atoms with Crippen molar-refractivity contribution in [1.82, 2.24) is 0 Å². The maximum absolute atomic E-state index is 6.25. The van der Waals surface area contributed by atoms with Crippen LogP contribution in [0.2, 0.25) is 0 Å². The van der Waals surface area contributed by atoms with Crippen LogP contribution in [0.25, 0.3) is 0 Å². The summed E-state index contributed by atoms with van der Waals surface area (Å²) >= 11 is 0. The summed E-state index contributed by atoms with van der Waals surface area (Å²) in [6.45, 7) is 4.91. The van der Waals surface area contributed by atoms with Gasteiger partial charge in [-0.1, -0.05) is 19.3 Å². The van der Waals surface area contributed by atoms with E-state index in [4.69, 9.17) is 17.3 Å². The van der Waals surface area contributed by atoms with Crippen molar-refractivity contribution < 1.29 is 9.47 Å². The zero-order valence-corrected chi connectivity index (χ0v) is 11.7. The lowest BCUT2D eigenvalue weighted by molar-refractivity contribution is -0.0406. The van der Waals surface area contributed by atoms with Crippen LogP contribution in [-0.2, 0) is 9.47 Å². The van der Waals surface area contributed by atoms with Crippen LogP contribution in [0.1, 0.15) is 46.0 Å². The highest BCUT2D eigenvalue weighted by atomic mass is 16.5. The van der Waals surface area contributed by atoms with Crippen LogP contribution in [0.3, 0.4) is 0 Å². The lowest BCUT2D eigenvalue weighted by Crippen LogP contribution is -2.36. The van der Waals surface area contributed by atoms with E-state index in [1.807, 2.05) is 0 Å². The summed E-state index contributed by atoms with van der Waals surface area (Å²) in [4.78, 5) is 0. The SMILES string of the molecule is [B]C1OC(COC(C)C)C(C2CCC2)C1C1CC1. The van der Waals surface area contributed by atoms with Gasteiger partial charge < -0.3 is 9.47 Å². The van der Waals surface area contributed by atoms with Crippen LogP contribution in [0, 0.1) is 23.7 Å². The molecule has 4 unspecified atom stereocenters. The molecule has 0 N–H and O–H groups in total. The minimum absolute atomic E-state index is 0.0381. The Hall–Kier alpha value is -0.0151. The molecule has 2 aliphatic carbocycles. The molecule has 0 bridgehead atoms. The molecule has 0 aromatic heterocycles. The van der Waals surface area contributed by atoms with Gasteiger partial charge in [0, 0.05) is 6.00 Å². The first-order chi connectivity index (χ1) is 8.66. The van der Waals surface area contributed by atoms with Crippen molar-refractivity contribution in [2.24, 2.45) is 23.7 Å². The molecule has 2 nitrogen and oxygen atoms in total. The van der Waals surface area contributed by atoms with Crippen LogP contribution in [-0.4, -0.2) is 32.7 Å². The molecule has 2 saturated carbocycles. The van der Waals surface area contributed by atoms with Crippen molar-refractivity contribution in [3.05, 3.63) is 0 Å². The molecule has 3 aliphatic rings. The van der Waals surface area contributed by atoms with Crippen LogP contribution in [0.5, 0.6) is 0 Å². The predicted molar refractivity (Wildman–Crippen MR) is 72.5 cm³/mol. The van der Waals surface area contributed by atoms with Gasteiger partial charge in [-0.25, -0.2) is 0 Å². The van der Waals surface area contributed by atoms with Gasteiger partial charge in [0.1, 0.15) is 7.85 Å². The summed E-state index contributed by atoms with van der Waals surface area (Å²) in [6, 6.07) is -0.0381. The molecule has 3 fully saturated rings. The summed E-state index contributed by atoms with van der Waals surface area (Å²) in [5, 5.41) is 0. The fourth-order valence-electron chi connectivity index (χ4n) is 3.79. The first-order valence-corrected chi connectivity index (χ1v) is 7.69. The monoisotopic (exact) mass is 248 g/mol. The van der Waals surface area contributed by atoms with Crippen LogP contribution < -0.4 is 0 Å². The van der Waals surface area contributed by atoms with Gasteiger partial charge in [-0.15, -0.1) is 0 Å². The molecule has 1 saturated heterocycles. The molecule has 0 aromatic carbocycles. The Labute approximate surface area is 112 Å². The van der Waals surface area contributed by atoms with Crippen molar-refractivity contribution in [2.75, 3.05) is 6.61 Å². The third kappa shape index (κ3) is 2.49. The Morgan fingerprint density at radius 1 is 1.11 bits per heavy atom. The van der Waals surface area contributed by atoms with E-state index < -0.39 is 0 Å². The Kier molecular flexibility index (Phi) is 3.73. The van der Waals surface area contributed by atoms with Gasteiger partial charge in [-0.05, 0) is 50.4 Å². The molecule has 1 aliphatic heterocycles. The molecule has 3 rings (SSSR count). The maximum Gasteiger partial charge on any atom is 0.109 e. The van der Waals surface area contributed by atoms with E-state index in [0.717, 1.165) is 18.4 Å². The van der Waals surface area contributed by atoms with Crippen molar-refractivity contribution in [1.29, 1.82) is 0 Å². The summed E-state index contributed by atoms with van der Waals surface area (Å²) in [6.07, 6.45) is 7.41. The fraction of sp³-hybridized carbons (Fsp3) is 1.00.